The van der Waals surface area contributed by atoms with E-state index < -0.39 is 23.5 Å². The van der Waals surface area contributed by atoms with Crippen molar-refractivity contribution in [3.05, 3.63) is 92.7 Å². The third kappa shape index (κ3) is 5.20. The van der Waals surface area contributed by atoms with E-state index >= 15 is 0 Å². The number of aromatic carboxylic acids is 1. The van der Waals surface area contributed by atoms with Crippen molar-refractivity contribution in [3.8, 4) is 40.0 Å². The van der Waals surface area contributed by atoms with Crippen LogP contribution in [-0.2, 0) is 6.18 Å². The first-order valence-corrected chi connectivity index (χ1v) is 12.4. The fourth-order valence-electron chi connectivity index (χ4n) is 4.29. The number of carbonyl (C=O) groups is 1. The average Bonchev–Trinajstić information content (AvgIpc) is 3.65. The van der Waals surface area contributed by atoms with Gasteiger partial charge in [0.05, 0.1) is 28.3 Å². The summed E-state index contributed by atoms with van der Waals surface area (Å²) in [5, 5.41) is 13.8. The molecule has 0 bridgehead atoms. The molecule has 0 aliphatic heterocycles. The number of nitrogens with zero attached hydrogens (tertiary/aromatic N) is 1. The summed E-state index contributed by atoms with van der Waals surface area (Å²) >= 11 is 12.9. The number of alkyl halides is 3. The molecule has 1 fully saturated rings. The van der Waals surface area contributed by atoms with Crippen LogP contribution in [0.25, 0.3) is 22.4 Å². The normalized spacial score (nSPS) is 13.1. The monoisotopic (exact) mass is 571 g/mol. The van der Waals surface area contributed by atoms with E-state index in [0.29, 0.717) is 22.5 Å². The van der Waals surface area contributed by atoms with Crippen molar-refractivity contribution in [2.45, 2.75) is 24.9 Å². The van der Waals surface area contributed by atoms with Gasteiger partial charge in [0.1, 0.15) is 22.8 Å². The van der Waals surface area contributed by atoms with Crippen LogP contribution in [0.15, 0.2) is 59.1 Å². The highest BCUT2D eigenvalue weighted by Gasteiger charge is 2.41. The summed E-state index contributed by atoms with van der Waals surface area (Å²) in [4.78, 5) is 11.1. The Hall–Kier alpha value is -3.93. The number of benzene rings is 3. The van der Waals surface area contributed by atoms with Gasteiger partial charge in [0, 0.05) is 28.2 Å². The molecule has 1 aliphatic rings. The Labute approximate surface area is 231 Å². The lowest BCUT2D eigenvalue weighted by atomic mass is 9.92. The van der Waals surface area contributed by atoms with Crippen molar-refractivity contribution in [1.29, 1.82) is 0 Å². The molecule has 5 nitrogen and oxygen atoms in total. The van der Waals surface area contributed by atoms with Gasteiger partial charge in [-0.25, -0.2) is 4.79 Å². The van der Waals surface area contributed by atoms with E-state index in [-0.39, 0.29) is 38.3 Å². The molecule has 0 radical (unpaired) electrons. The zero-order valence-electron chi connectivity index (χ0n) is 20.2. The molecular formula is C29H18Cl2F3NO4. The second kappa shape index (κ2) is 10.3. The maximum Gasteiger partial charge on any atom is 0.421 e. The van der Waals surface area contributed by atoms with Crippen LogP contribution >= 0.6 is 23.2 Å². The second-order valence-corrected chi connectivity index (χ2v) is 9.65. The minimum absolute atomic E-state index is 0.00482. The Morgan fingerprint density at radius 2 is 1.69 bits per heavy atom. The highest BCUT2D eigenvalue weighted by Crippen LogP contribution is 2.53. The lowest BCUT2D eigenvalue weighted by Crippen LogP contribution is -2.11. The van der Waals surface area contributed by atoms with E-state index in [4.69, 9.17) is 37.6 Å². The van der Waals surface area contributed by atoms with Crippen molar-refractivity contribution in [3.63, 3.8) is 0 Å². The van der Waals surface area contributed by atoms with Crippen LogP contribution in [0.5, 0.6) is 5.75 Å². The van der Waals surface area contributed by atoms with Crippen molar-refractivity contribution in [1.82, 2.24) is 5.16 Å². The summed E-state index contributed by atoms with van der Waals surface area (Å²) in [5.41, 5.74) is 0.0310. The van der Waals surface area contributed by atoms with Gasteiger partial charge in [0.15, 0.2) is 0 Å². The summed E-state index contributed by atoms with van der Waals surface area (Å²) in [7, 11) is 1.16. The fraction of sp³-hybridized carbons (Fsp3) is 0.172. The van der Waals surface area contributed by atoms with Crippen LogP contribution in [0.3, 0.4) is 0 Å². The Balaban J connectivity index is 1.71. The molecule has 0 atom stereocenters. The molecule has 39 heavy (non-hydrogen) atoms. The molecule has 1 heterocycles. The van der Waals surface area contributed by atoms with E-state index in [0.717, 1.165) is 20.0 Å². The molecule has 1 aliphatic carbocycles. The van der Waals surface area contributed by atoms with E-state index in [1.54, 1.807) is 18.2 Å². The van der Waals surface area contributed by atoms with Gasteiger partial charge in [0.2, 0.25) is 0 Å². The number of carboxylic acids is 1. The van der Waals surface area contributed by atoms with Crippen LogP contribution in [-0.4, -0.2) is 23.3 Å². The number of hydrogen-bond donors (Lipinski definition) is 1. The molecule has 0 amide bonds. The quantitative estimate of drug-likeness (QED) is 0.244. The van der Waals surface area contributed by atoms with Crippen molar-refractivity contribution in [2.75, 3.05) is 7.11 Å². The standard InChI is InChI=1S/C29H18Cl2F3NO4/c1-38-27-19(22-25(35-39-26(22)17-11-12-17)23-20(30)3-2-4-21(23)31)14-13-16(24(27)29(32,33)34)8-5-15-6-9-18(10-7-15)28(36)37/h2-4,6-7,9-10,13-14,17H,11-12H2,1H3,(H,36,37). The van der Waals surface area contributed by atoms with Crippen LogP contribution < -0.4 is 4.74 Å². The molecule has 1 N–H and O–H groups in total. The third-order valence-electron chi connectivity index (χ3n) is 6.25. The average molecular weight is 572 g/mol. The first kappa shape index (κ1) is 26.7. The van der Waals surface area contributed by atoms with Crippen molar-refractivity contribution < 1.29 is 32.3 Å². The first-order chi connectivity index (χ1) is 18.6. The minimum atomic E-state index is -4.82. The number of rotatable bonds is 5. The molecule has 198 valence electrons. The highest BCUT2D eigenvalue weighted by molar-refractivity contribution is 6.39. The molecule has 0 unspecified atom stereocenters. The number of halogens is 5. The first-order valence-electron chi connectivity index (χ1n) is 11.7. The topological polar surface area (TPSA) is 72.6 Å². The minimum Gasteiger partial charge on any atom is -0.495 e. The number of aromatic nitrogens is 1. The van der Waals surface area contributed by atoms with Crippen LogP contribution in [0.1, 0.15) is 51.6 Å². The van der Waals surface area contributed by atoms with Crippen molar-refractivity contribution >= 4 is 29.2 Å². The summed E-state index contributed by atoms with van der Waals surface area (Å²) < 4.78 is 54.6. The van der Waals surface area contributed by atoms with Crippen LogP contribution in [0.2, 0.25) is 10.0 Å². The number of carboxylic acid groups (broad SMARTS) is 1. The van der Waals surface area contributed by atoms with Gasteiger partial charge in [-0.3, -0.25) is 0 Å². The van der Waals surface area contributed by atoms with Gasteiger partial charge in [-0.15, -0.1) is 0 Å². The highest BCUT2D eigenvalue weighted by atomic mass is 35.5. The maximum atomic E-state index is 14.5. The Bertz CT molecular complexity index is 1630. The van der Waals surface area contributed by atoms with Gasteiger partial charge in [-0.05, 0) is 61.4 Å². The molecule has 0 spiro atoms. The molecule has 0 saturated heterocycles. The number of methoxy groups -OCH3 is 1. The Morgan fingerprint density at radius 1 is 1.03 bits per heavy atom. The molecule has 1 aromatic heterocycles. The maximum absolute atomic E-state index is 14.5. The third-order valence-corrected chi connectivity index (χ3v) is 6.88. The lowest BCUT2D eigenvalue weighted by molar-refractivity contribution is -0.138. The van der Waals surface area contributed by atoms with Gasteiger partial charge < -0.3 is 14.4 Å². The summed E-state index contributed by atoms with van der Waals surface area (Å²) in [6.45, 7) is 0. The molecule has 4 aromatic rings. The largest absolute Gasteiger partial charge is 0.495 e. The Morgan fingerprint density at radius 3 is 2.26 bits per heavy atom. The molecule has 5 rings (SSSR count). The van der Waals surface area contributed by atoms with E-state index in [1.165, 1.54) is 36.4 Å². The van der Waals surface area contributed by atoms with E-state index in [9.17, 15) is 18.0 Å². The number of ether oxygens (including phenoxy) is 1. The smallest absolute Gasteiger partial charge is 0.421 e. The lowest BCUT2D eigenvalue weighted by Gasteiger charge is -2.18. The molecule has 3 aromatic carbocycles. The van der Waals surface area contributed by atoms with Crippen LogP contribution in [0, 0.1) is 11.8 Å². The SMILES string of the molecule is COc1c(-c2c(-c3c(Cl)cccc3Cl)noc2C2CC2)ccc(C#Cc2ccc(C(=O)O)cc2)c1C(F)(F)F. The second-order valence-electron chi connectivity index (χ2n) is 8.84. The van der Waals surface area contributed by atoms with E-state index in [2.05, 4.69) is 17.0 Å². The Kier molecular flexibility index (Phi) is 7.06. The van der Waals surface area contributed by atoms with Crippen molar-refractivity contribution in [2.24, 2.45) is 0 Å². The van der Waals surface area contributed by atoms with E-state index in [1.807, 2.05) is 0 Å². The number of hydrogen-bond acceptors (Lipinski definition) is 4. The molecule has 1 saturated carbocycles. The zero-order valence-corrected chi connectivity index (χ0v) is 21.7. The van der Waals surface area contributed by atoms with Crippen LogP contribution in [0.4, 0.5) is 13.2 Å². The van der Waals surface area contributed by atoms with Gasteiger partial charge in [-0.1, -0.05) is 46.3 Å². The van der Waals surface area contributed by atoms with Gasteiger partial charge in [0.25, 0.3) is 0 Å². The summed E-state index contributed by atoms with van der Waals surface area (Å²) in [5.74, 6) is 4.11. The predicted octanol–water partition coefficient (Wildman–Crippen LogP) is 8.32. The fourth-order valence-corrected chi connectivity index (χ4v) is 4.87. The van der Waals surface area contributed by atoms with Gasteiger partial charge >= 0.3 is 12.1 Å². The summed E-state index contributed by atoms with van der Waals surface area (Å²) in [6.07, 6.45) is -3.22. The summed E-state index contributed by atoms with van der Waals surface area (Å²) in [6, 6.07) is 13.1. The zero-order chi connectivity index (χ0) is 27.9. The predicted molar refractivity (Wildman–Crippen MR) is 140 cm³/mol. The molecular weight excluding hydrogens is 554 g/mol. The van der Waals surface area contributed by atoms with Gasteiger partial charge in [-0.2, -0.15) is 13.2 Å². The molecule has 10 heteroatoms.